The van der Waals surface area contributed by atoms with E-state index in [1.165, 1.54) is 185 Å². The lowest BCUT2D eigenvalue weighted by Gasteiger charge is -2.48. The lowest BCUT2D eigenvalue weighted by molar-refractivity contribution is 0.100. The summed E-state index contributed by atoms with van der Waals surface area (Å²) >= 11 is 1.95. The Kier molecular flexibility index (Phi) is 11.9. The van der Waals surface area contributed by atoms with E-state index in [2.05, 4.69) is 355 Å². The highest BCUT2D eigenvalue weighted by atomic mass is 32.1. The number of rotatable bonds is 7. The third-order valence-corrected chi connectivity index (χ3v) is 28.6. The number of benzene rings is 13. The van der Waals surface area contributed by atoms with Crippen molar-refractivity contribution >= 4 is 141 Å². The summed E-state index contributed by atoms with van der Waals surface area (Å²) in [4.78, 5) is 7.78. The summed E-state index contributed by atoms with van der Waals surface area (Å²) in [6.45, 7) is 27.4. The lowest BCUT2D eigenvalue weighted by Crippen LogP contribution is -2.46. The molecular weight excluding hydrogens is 1260 g/mol. The van der Waals surface area contributed by atoms with Crippen LogP contribution in [0.2, 0.25) is 0 Å². The Morgan fingerprint density at radius 2 is 0.706 bits per heavy atom. The largest absolute Gasteiger partial charge is 0.355 e. The van der Waals surface area contributed by atoms with Crippen LogP contribution >= 0.6 is 11.3 Å². The van der Waals surface area contributed by atoms with Gasteiger partial charge in [-0.05, 0) is 222 Å². The smallest absolute Gasteiger partial charge is 0.0640 e. The van der Waals surface area contributed by atoms with E-state index in [1.807, 2.05) is 11.3 Å². The topological polar surface area (TPSA) is 46.4 Å². The maximum Gasteiger partial charge on any atom is 0.0640 e. The minimum Gasteiger partial charge on any atom is -0.355 e. The van der Waals surface area contributed by atoms with Gasteiger partial charge in [0.2, 0.25) is 0 Å². The van der Waals surface area contributed by atoms with Gasteiger partial charge in [-0.1, -0.05) is 197 Å². The second kappa shape index (κ2) is 20.2. The van der Waals surface area contributed by atoms with Gasteiger partial charge in [-0.15, -0.1) is 11.3 Å². The standard InChI is InChI=1S/C96H79N5S/c1-91(2)73-50-68-66-45-56(36-40-77(66)97-79(68)52-75(73)92(3,4)95(91,9)10)58-38-43-86-71(48-58)63-27-17-20-32-83(63)101(86)87-33-22-29-65-89-59(23-21-34-88(89)102-90(65)87)54-96(11)93(5,6)74-51-69-67-46-55(35-41-78(67)98-80(69)53-76(74)94(96,7)8)57-37-42-84-70(47-57)62-26-15-19-31-82(62)100(84)61-39-44-85-72(49-61)64-28-16-18-30-81(64)99(85)60-24-13-12-14-25-60/h12-53,97-98H,54H2,1-11H3. The fourth-order valence-electron chi connectivity index (χ4n) is 20.0. The van der Waals surface area contributed by atoms with E-state index in [1.54, 1.807) is 0 Å². The van der Waals surface area contributed by atoms with Crippen molar-refractivity contribution in [2.75, 3.05) is 0 Å². The van der Waals surface area contributed by atoms with Crippen molar-refractivity contribution in [1.82, 2.24) is 23.7 Å². The highest BCUT2D eigenvalue weighted by Gasteiger charge is 2.60. The maximum absolute atomic E-state index is 3.94. The predicted molar refractivity (Wildman–Crippen MR) is 436 cm³/mol. The molecule has 19 aromatic rings. The van der Waals surface area contributed by atoms with Gasteiger partial charge in [0.1, 0.15) is 0 Å². The van der Waals surface area contributed by atoms with Gasteiger partial charge in [0.25, 0.3) is 0 Å². The molecule has 13 aromatic carbocycles. The SMILES string of the molecule is CC1(C)c2cc3[nH]c4ccc(-c5ccc6c(c5)c5ccccc5n6-c5cccc6c5sc5cccc(CC7(C)C(C)(C)c8cc9[nH]c%10ccc(-c%11ccc%12c(c%11)c%11ccccc%11n%12-c%11ccc%12c(c%11)c%11ccccc%11n%12-c%11ccccc%11)cc%10c9cc8C7(C)C)c56)cc4c3cc2C(C)(C)C1(C)C. The molecule has 2 N–H and O–H groups in total. The number of hydrogen-bond acceptors (Lipinski definition) is 1. The van der Waals surface area contributed by atoms with E-state index in [9.17, 15) is 0 Å². The van der Waals surface area contributed by atoms with Gasteiger partial charge in [-0.2, -0.15) is 0 Å². The number of para-hydroxylation sites is 4. The van der Waals surface area contributed by atoms with Crippen LogP contribution in [0.15, 0.2) is 255 Å². The lowest BCUT2D eigenvalue weighted by atomic mass is 9.55. The summed E-state index contributed by atoms with van der Waals surface area (Å²) in [5, 5.41) is 15.4. The van der Waals surface area contributed by atoms with Crippen molar-refractivity contribution in [3.8, 4) is 39.3 Å². The zero-order valence-corrected chi connectivity index (χ0v) is 60.5. The Morgan fingerprint density at radius 3 is 1.27 bits per heavy atom. The van der Waals surface area contributed by atoms with Gasteiger partial charge in [0.05, 0.1) is 43.5 Å². The maximum atomic E-state index is 3.94. The highest BCUT2D eigenvalue weighted by Crippen LogP contribution is 2.65. The molecule has 2 aliphatic rings. The predicted octanol–water partition coefficient (Wildman–Crippen LogP) is 26.4. The normalized spacial score (nSPS) is 17.4. The number of H-pyrrole nitrogens is 2. The molecule has 0 fully saturated rings. The van der Waals surface area contributed by atoms with Gasteiger partial charge < -0.3 is 23.7 Å². The molecule has 6 heterocycles. The number of aromatic nitrogens is 5. The van der Waals surface area contributed by atoms with Crippen LogP contribution in [0.3, 0.4) is 0 Å². The molecule has 0 amide bonds. The van der Waals surface area contributed by atoms with Gasteiger partial charge in [-0.3, -0.25) is 0 Å². The molecule has 102 heavy (non-hydrogen) atoms. The molecule has 0 radical (unpaired) electrons. The number of aromatic amines is 2. The molecule has 0 aliphatic heterocycles. The number of fused-ring (bicyclic) bond motifs is 20. The van der Waals surface area contributed by atoms with Crippen molar-refractivity contribution in [3.05, 3.63) is 283 Å². The van der Waals surface area contributed by atoms with Gasteiger partial charge >= 0.3 is 0 Å². The van der Waals surface area contributed by atoms with Crippen LogP contribution in [0.1, 0.15) is 104 Å². The van der Waals surface area contributed by atoms with E-state index in [0.717, 1.165) is 17.8 Å². The Hall–Kier alpha value is -10.9. The van der Waals surface area contributed by atoms with Crippen LogP contribution in [-0.4, -0.2) is 23.7 Å². The van der Waals surface area contributed by atoms with Gasteiger partial charge in [0.15, 0.2) is 0 Å². The van der Waals surface area contributed by atoms with Crippen molar-refractivity contribution in [1.29, 1.82) is 0 Å². The molecule has 0 saturated carbocycles. The van der Waals surface area contributed by atoms with Crippen LogP contribution in [0.5, 0.6) is 0 Å². The third kappa shape index (κ3) is 7.67. The molecule has 6 aromatic heterocycles. The Bertz CT molecular complexity index is 6900. The first-order valence-electron chi connectivity index (χ1n) is 36.5. The molecule has 2 aliphatic carbocycles. The summed E-state index contributed by atoms with van der Waals surface area (Å²) in [6.07, 6.45) is 0.930. The van der Waals surface area contributed by atoms with E-state index in [-0.39, 0.29) is 32.5 Å². The number of nitrogens with one attached hydrogen (secondary N) is 2. The molecule has 6 heteroatoms. The minimum absolute atomic E-state index is 0.0294. The van der Waals surface area contributed by atoms with E-state index < -0.39 is 0 Å². The number of thiophene rings is 1. The molecule has 5 nitrogen and oxygen atoms in total. The molecule has 0 bridgehead atoms. The monoisotopic (exact) mass is 1330 g/mol. The third-order valence-electron chi connectivity index (χ3n) is 27.4. The first-order chi connectivity index (χ1) is 49.2. The molecule has 494 valence electrons. The minimum atomic E-state index is -0.182. The van der Waals surface area contributed by atoms with Crippen LogP contribution in [0.25, 0.3) is 169 Å². The Labute approximate surface area is 597 Å². The number of nitrogens with zero attached hydrogens (tertiary/aromatic N) is 3. The first-order valence-corrected chi connectivity index (χ1v) is 37.3. The van der Waals surface area contributed by atoms with Crippen LogP contribution in [-0.2, 0) is 28.1 Å². The van der Waals surface area contributed by atoms with Crippen molar-refractivity contribution in [2.24, 2.45) is 10.8 Å². The van der Waals surface area contributed by atoms with E-state index in [0.29, 0.717) is 0 Å². The van der Waals surface area contributed by atoms with Crippen molar-refractivity contribution in [2.45, 2.75) is 104 Å². The summed E-state index contributed by atoms with van der Waals surface area (Å²) < 4.78 is 10.1. The molecule has 21 rings (SSSR count). The fraction of sp³-hybridized carbons (Fsp3) is 0.188. The van der Waals surface area contributed by atoms with Gasteiger partial charge in [-0.25, -0.2) is 0 Å². The van der Waals surface area contributed by atoms with Gasteiger partial charge in [0, 0.05) is 103 Å². The molecule has 0 saturated heterocycles. The highest BCUT2D eigenvalue weighted by molar-refractivity contribution is 7.26. The van der Waals surface area contributed by atoms with Crippen LogP contribution in [0, 0.1) is 10.8 Å². The van der Waals surface area contributed by atoms with Crippen molar-refractivity contribution in [3.63, 3.8) is 0 Å². The average molecular weight is 1330 g/mol. The van der Waals surface area contributed by atoms with Crippen molar-refractivity contribution < 1.29 is 0 Å². The molecule has 0 spiro atoms. The van der Waals surface area contributed by atoms with Crippen LogP contribution in [0.4, 0.5) is 0 Å². The molecule has 1 unspecified atom stereocenters. The Balaban J connectivity index is 0.624. The van der Waals surface area contributed by atoms with E-state index >= 15 is 0 Å². The molecule has 1 atom stereocenters. The summed E-state index contributed by atoms with van der Waals surface area (Å²) in [7, 11) is 0. The fourth-order valence-corrected chi connectivity index (χ4v) is 21.3. The second-order valence-electron chi connectivity index (χ2n) is 32.9. The zero-order chi connectivity index (χ0) is 69.0. The summed E-state index contributed by atoms with van der Waals surface area (Å²) in [5.41, 5.74) is 27.4. The van der Waals surface area contributed by atoms with E-state index in [4.69, 9.17) is 0 Å². The Morgan fingerprint density at radius 1 is 0.294 bits per heavy atom. The first kappa shape index (κ1) is 59.9. The second-order valence-corrected chi connectivity index (χ2v) is 33.9. The summed E-state index contributed by atoms with van der Waals surface area (Å²) in [5.74, 6) is 0. The summed E-state index contributed by atoms with van der Waals surface area (Å²) in [6, 6.07) is 97.0. The number of hydrogen-bond donors (Lipinski definition) is 2. The average Bonchev–Trinajstić information content (AvgIpc) is 1.53. The zero-order valence-electron chi connectivity index (χ0n) is 59.7. The van der Waals surface area contributed by atoms with Crippen LogP contribution < -0.4 is 0 Å². The quantitative estimate of drug-likeness (QED) is 0.160. The molecular formula is C96H79N5S.